The lowest BCUT2D eigenvalue weighted by Crippen LogP contribution is -2.15. The summed E-state index contributed by atoms with van der Waals surface area (Å²) >= 11 is 0. The fraction of sp³-hybridized carbons (Fsp3) is 0.417. The van der Waals surface area contributed by atoms with Crippen molar-refractivity contribution in [1.29, 1.82) is 0 Å². The van der Waals surface area contributed by atoms with E-state index in [0.717, 1.165) is 12.8 Å². The average molecular weight is 414 g/mol. The first-order valence-electron chi connectivity index (χ1n) is 10.1. The van der Waals surface area contributed by atoms with Gasteiger partial charge in [0, 0.05) is 6.92 Å². The molecule has 1 aromatic heterocycles. The third-order valence-electron chi connectivity index (χ3n) is 4.17. The molecule has 1 heterocycles. The van der Waals surface area contributed by atoms with E-state index in [-0.39, 0.29) is 35.5 Å². The lowest BCUT2D eigenvalue weighted by molar-refractivity contribution is -0.131. The zero-order valence-corrected chi connectivity index (χ0v) is 18.5. The molecule has 0 aliphatic carbocycles. The zero-order valence-electron chi connectivity index (χ0n) is 18.5. The van der Waals surface area contributed by atoms with Crippen LogP contribution < -0.4 is 19.8 Å². The molecule has 6 heteroatoms. The topological polar surface area (TPSA) is 75.0 Å². The van der Waals surface area contributed by atoms with Gasteiger partial charge >= 0.3 is 11.6 Å². The Kier molecular flexibility index (Phi) is 8.27. The van der Waals surface area contributed by atoms with E-state index in [1.807, 2.05) is 26.8 Å². The van der Waals surface area contributed by atoms with Crippen LogP contribution >= 0.6 is 0 Å². The summed E-state index contributed by atoms with van der Waals surface area (Å²) in [6.07, 6.45) is 5.83. The van der Waals surface area contributed by atoms with Gasteiger partial charge in [0.1, 0.15) is 6.61 Å². The summed E-state index contributed by atoms with van der Waals surface area (Å²) in [5.41, 5.74) is 1.94. The van der Waals surface area contributed by atoms with Crippen LogP contribution in [0.4, 0.5) is 0 Å². The smallest absolute Gasteiger partial charge is 0.383 e. The molecular formula is C24H30O6. The number of rotatable bonds is 9. The van der Waals surface area contributed by atoms with Crippen LogP contribution in [-0.4, -0.2) is 18.7 Å². The molecule has 6 nitrogen and oxygen atoms in total. The molecule has 0 fully saturated rings. The molecule has 2 aromatic rings. The van der Waals surface area contributed by atoms with Crippen molar-refractivity contribution in [2.75, 3.05) is 6.61 Å². The second-order valence-corrected chi connectivity index (χ2v) is 7.62. The highest BCUT2D eigenvalue weighted by Gasteiger charge is 2.21. The highest BCUT2D eigenvalue weighted by Crippen LogP contribution is 2.37. The van der Waals surface area contributed by atoms with E-state index >= 15 is 0 Å². The van der Waals surface area contributed by atoms with Crippen LogP contribution in [0.15, 0.2) is 50.7 Å². The first-order valence-corrected chi connectivity index (χ1v) is 10.1. The van der Waals surface area contributed by atoms with Crippen molar-refractivity contribution in [3.05, 3.63) is 51.9 Å². The van der Waals surface area contributed by atoms with Crippen molar-refractivity contribution in [1.82, 2.24) is 0 Å². The zero-order chi connectivity index (χ0) is 22.3. The number of hydrogen-bond donors (Lipinski definition) is 0. The first-order chi connectivity index (χ1) is 14.2. The Morgan fingerprint density at radius 3 is 2.47 bits per heavy atom. The molecule has 1 aromatic carbocycles. The lowest BCUT2D eigenvalue weighted by atomic mass is 10.1. The lowest BCUT2D eigenvalue weighted by Gasteiger charge is -2.16. The van der Waals surface area contributed by atoms with Crippen LogP contribution in [0.25, 0.3) is 11.0 Å². The summed E-state index contributed by atoms with van der Waals surface area (Å²) in [7, 11) is 0. The van der Waals surface area contributed by atoms with Gasteiger partial charge in [0.15, 0.2) is 17.1 Å². The minimum atomic E-state index is -0.685. The summed E-state index contributed by atoms with van der Waals surface area (Å²) in [6, 6.07) is 5.00. The Balaban J connectivity index is 2.40. The number of esters is 1. The van der Waals surface area contributed by atoms with Gasteiger partial charge in [-0.3, -0.25) is 4.79 Å². The molecule has 0 radical (unpaired) electrons. The molecule has 2 rings (SSSR count). The molecular weight excluding hydrogens is 384 g/mol. The summed E-state index contributed by atoms with van der Waals surface area (Å²) in [5, 5.41) is 0.500. The fourth-order valence-electron chi connectivity index (χ4n) is 2.83. The normalized spacial score (nSPS) is 11.5. The van der Waals surface area contributed by atoms with Crippen LogP contribution in [-0.2, 0) is 4.79 Å². The van der Waals surface area contributed by atoms with Crippen molar-refractivity contribution < 1.29 is 23.4 Å². The van der Waals surface area contributed by atoms with Crippen LogP contribution in [0.2, 0.25) is 0 Å². The number of hydrogen-bond acceptors (Lipinski definition) is 6. The Morgan fingerprint density at radius 2 is 1.83 bits per heavy atom. The Morgan fingerprint density at radius 1 is 1.10 bits per heavy atom. The molecule has 0 amide bonds. The number of allylic oxidation sites excluding steroid dienone is 3. The van der Waals surface area contributed by atoms with Gasteiger partial charge < -0.3 is 18.6 Å². The van der Waals surface area contributed by atoms with E-state index in [4.69, 9.17) is 18.6 Å². The second kappa shape index (κ2) is 10.7. The van der Waals surface area contributed by atoms with E-state index in [2.05, 4.69) is 19.9 Å². The van der Waals surface area contributed by atoms with Crippen molar-refractivity contribution in [3.63, 3.8) is 0 Å². The fourth-order valence-corrected chi connectivity index (χ4v) is 2.83. The third kappa shape index (κ3) is 6.51. The average Bonchev–Trinajstić information content (AvgIpc) is 2.63. The van der Waals surface area contributed by atoms with Gasteiger partial charge in [0.25, 0.3) is 0 Å². The molecule has 30 heavy (non-hydrogen) atoms. The van der Waals surface area contributed by atoms with Crippen LogP contribution in [0.3, 0.4) is 0 Å². The molecule has 0 saturated heterocycles. The summed E-state index contributed by atoms with van der Waals surface area (Å²) in [5.74, 6) is -0.0677. The first kappa shape index (κ1) is 23.3. The van der Waals surface area contributed by atoms with E-state index in [0.29, 0.717) is 5.39 Å². The van der Waals surface area contributed by atoms with Gasteiger partial charge in [-0.2, -0.15) is 0 Å². The third-order valence-corrected chi connectivity index (χ3v) is 4.17. The molecule has 0 atom stereocenters. The van der Waals surface area contributed by atoms with Crippen molar-refractivity contribution in [2.24, 2.45) is 0 Å². The van der Waals surface area contributed by atoms with Crippen molar-refractivity contribution >= 4 is 16.9 Å². The molecule has 162 valence electrons. The Hall–Kier alpha value is -3.02. The largest absolute Gasteiger partial charge is 0.485 e. The molecule has 0 N–H and O–H groups in total. The molecule has 0 aliphatic rings. The van der Waals surface area contributed by atoms with Crippen molar-refractivity contribution in [3.8, 4) is 17.2 Å². The molecule has 0 unspecified atom stereocenters. The molecule has 0 spiro atoms. The van der Waals surface area contributed by atoms with Crippen LogP contribution in [0.5, 0.6) is 17.2 Å². The van der Waals surface area contributed by atoms with Crippen molar-refractivity contribution in [2.45, 2.75) is 60.5 Å². The maximum atomic E-state index is 12.6. The molecule has 0 aliphatic heterocycles. The van der Waals surface area contributed by atoms with Gasteiger partial charge in [-0.25, -0.2) is 4.79 Å². The van der Waals surface area contributed by atoms with E-state index < -0.39 is 11.6 Å². The number of fused-ring (bicyclic) bond motifs is 1. The molecule has 0 saturated carbocycles. The van der Waals surface area contributed by atoms with E-state index in [1.165, 1.54) is 18.1 Å². The van der Waals surface area contributed by atoms with Gasteiger partial charge in [0.2, 0.25) is 5.75 Å². The maximum Gasteiger partial charge on any atom is 0.383 e. The number of benzene rings is 1. The minimum Gasteiger partial charge on any atom is -0.485 e. The monoisotopic (exact) mass is 414 g/mol. The van der Waals surface area contributed by atoms with Gasteiger partial charge in [-0.1, -0.05) is 23.3 Å². The standard InChI is InChI=1S/C24H30O6/c1-15(2)9-7-10-17(5)13-14-27-22-19-11-8-12-20(29-18(6)25)21(19)30-24(26)23(22)28-16(3)4/h8-9,11-13,16H,7,10,14H2,1-6H3. The quantitative estimate of drug-likeness (QED) is 0.231. The number of carbonyl (C=O) groups excluding carboxylic acids is 1. The summed E-state index contributed by atoms with van der Waals surface area (Å²) in [4.78, 5) is 24.0. The van der Waals surface area contributed by atoms with Crippen LogP contribution in [0, 0.1) is 0 Å². The summed E-state index contributed by atoms with van der Waals surface area (Å²) < 4.78 is 22.2. The predicted octanol–water partition coefficient (Wildman–Crippen LogP) is 5.58. The van der Waals surface area contributed by atoms with Gasteiger partial charge in [-0.05, 0) is 65.7 Å². The van der Waals surface area contributed by atoms with Crippen LogP contribution in [0.1, 0.15) is 54.4 Å². The van der Waals surface area contributed by atoms with Gasteiger partial charge in [-0.15, -0.1) is 0 Å². The highest BCUT2D eigenvalue weighted by atomic mass is 16.6. The number of carbonyl (C=O) groups is 1. The summed E-state index contributed by atoms with van der Waals surface area (Å²) in [6.45, 7) is 11.4. The second-order valence-electron chi connectivity index (χ2n) is 7.62. The van der Waals surface area contributed by atoms with E-state index in [9.17, 15) is 9.59 Å². The number of para-hydroxylation sites is 1. The molecule has 0 bridgehead atoms. The Bertz CT molecular complexity index is 1010. The predicted molar refractivity (Wildman–Crippen MR) is 117 cm³/mol. The SMILES string of the molecule is CC(=O)Oc1cccc2c(OCC=C(C)CCC=C(C)C)c(OC(C)C)c(=O)oc12. The van der Waals surface area contributed by atoms with Gasteiger partial charge in [0.05, 0.1) is 11.5 Å². The number of ether oxygens (including phenoxy) is 3. The highest BCUT2D eigenvalue weighted by molar-refractivity contribution is 5.91. The Labute approximate surface area is 177 Å². The maximum absolute atomic E-state index is 12.6. The minimum absolute atomic E-state index is 0.00747. The van der Waals surface area contributed by atoms with E-state index in [1.54, 1.807) is 18.2 Å².